The second kappa shape index (κ2) is 6.52. The molecule has 4 rings (SSSR count). The van der Waals surface area contributed by atoms with E-state index in [0.717, 1.165) is 5.56 Å². The van der Waals surface area contributed by atoms with Gasteiger partial charge in [0.15, 0.2) is 5.82 Å². The molecule has 8 heteroatoms. The standard InChI is InChI=1S/C18H11N5O3/c24-23(25)17-15(6-3-9-20-17)26-18-13-4-1-2-5-14(13)21-16(22-18)12-7-10-19-11-8-12/h1-11H. The van der Waals surface area contributed by atoms with E-state index in [1.807, 2.05) is 18.2 Å². The lowest BCUT2D eigenvalue weighted by Crippen LogP contribution is -1.99. The third kappa shape index (κ3) is 2.91. The van der Waals surface area contributed by atoms with E-state index >= 15 is 0 Å². The summed E-state index contributed by atoms with van der Waals surface area (Å²) < 4.78 is 5.78. The molecule has 0 aliphatic carbocycles. The van der Waals surface area contributed by atoms with Crippen LogP contribution >= 0.6 is 0 Å². The zero-order valence-corrected chi connectivity index (χ0v) is 13.3. The van der Waals surface area contributed by atoms with Crippen molar-refractivity contribution in [2.75, 3.05) is 0 Å². The van der Waals surface area contributed by atoms with Crippen molar-refractivity contribution in [3.05, 3.63) is 77.2 Å². The van der Waals surface area contributed by atoms with Gasteiger partial charge in [0.2, 0.25) is 11.6 Å². The third-order valence-corrected chi connectivity index (χ3v) is 3.64. The summed E-state index contributed by atoms with van der Waals surface area (Å²) >= 11 is 0. The van der Waals surface area contributed by atoms with Gasteiger partial charge in [-0.25, -0.2) is 4.98 Å². The fourth-order valence-corrected chi connectivity index (χ4v) is 2.46. The highest BCUT2D eigenvalue weighted by atomic mass is 16.6. The Morgan fingerprint density at radius 2 is 1.73 bits per heavy atom. The lowest BCUT2D eigenvalue weighted by molar-refractivity contribution is -0.390. The van der Waals surface area contributed by atoms with E-state index in [1.165, 1.54) is 12.3 Å². The highest BCUT2D eigenvalue weighted by Gasteiger charge is 2.19. The van der Waals surface area contributed by atoms with Crippen LogP contribution in [0.4, 0.5) is 5.82 Å². The number of hydrogen-bond donors (Lipinski definition) is 0. The number of ether oxygens (including phenoxy) is 1. The average molecular weight is 345 g/mol. The Morgan fingerprint density at radius 1 is 0.923 bits per heavy atom. The highest BCUT2D eigenvalue weighted by Crippen LogP contribution is 2.33. The van der Waals surface area contributed by atoms with Crippen LogP contribution < -0.4 is 4.74 Å². The van der Waals surface area contributed by atoms with E-state index in [-0.39, 0.29) is 17.4 Å². The van der Waals surface area contributed by atoms with Crippen molar-refractivity contribution in [2.24, 2.45) is 0 Å². The maximum Gasteiger partial charge on any atom is 0.406 e. The summed E-state index contributed by atoms with van der Waals surface area (Å²) in [6, 6.07) is 13.9. The molecule has 3 heterocycles. The van der Waals surface area contributed by atoms with Crippen LogP contribution in [0, 0.1) is 10.1 Å². The van der Waals surface area contributed by atoms with Gasteiger partial charge < -0.3 is 14.9 Å². The van der Waals surface area contributed by atoms with Crippen LogP contribution in [-0.4, -0.2) is 24.9 Å². The van der Waals surface area contributed by atoms with Crippen LogP contribution in [0.25, 0.3) is 22.3 Å². The molecule has 126 valence electrons. The van der Waals surface area contributed by atoms with Gasteiger partial charge in [-0.2, -0.15) is 4.98 Å². The molecule has 0 saturated heterocycles. The van der Waals surface area contributed by atoms with Gasteiger partial charge in [-0.05, 0) is 46.3 Å². The summed E-state index contributed by atoms with van der Waals surface area (Å²) in [5, 5.41) is 11.8. The minimum atomic E-state index is -0.595. The summed E-state index contributed by atoms with van der Waals surface area (Å²) in [5.74, 6) is 0.300. The molecule has 4 aromatic rings. The van der Waals surface area contributed by atoms with E-state index in [2.05, 4.69) is 19.9 Å². The topological polar surface area (TPSA) is 104 Å². The monoisotopic (exact) mass is 345 g/mol. The molecule has 0 N–H and O–H groups in total. The molecule has 0 fully saturated rings. The molecule has 0 atom stereocenters. The molecular formula is C18H11N5O3. The van der Waals surface area contributed by atoms with E-state index in [9.17, 15) is 10.1 Å². The summed E-state index contributed by atoms with van der Waals surface area (Å²) in [7, 11) is 0. The van der Waals surface area contributed by atoms with Crippen molar-refractivity contribution in [3.63, 3.8) is 0 Å². The fraction of sp³-hybridized carbons (Fsp3) is 0. The Labute approximate surface area is 147 Å². The number of para-hydroxylation sites is 1. The number of pyridine rings is 2. The molecule has 0 spiro atoms. The normalized spacial score (nSPS) is 10.6. The number of benzene rings is 1. The van der Waals surface area contributed by atoms with Crippen LogP contribution in [0.1, 0.15) is 0 Å². The maximum atomic E-state index is 11.2. The summed E-state index contributed by atoms with van der Waals surface area (Å²) in [5.41, 5.74) is 1.42. The molecule has 0 saturated carbocycles. The van der Waals surface area contributed by atoms with Crippen molar-refractivity contribution in [1.82, 2.24) is 19.9 Å². The summed E-state index contributed by atoms with van der Waals surface area (Å²) in [4.78, 5) is 27.3. The van der Waals surface area contributed by atoms with Gasteiger partial charge in [0, 0.05) is 18.0 Å². The summed E-state index contributed by atoms with van der Waals surface area (Å²) in [6.07, 6.45) is 4.62. The van der Waals surface area contributed by atoms with Crippen LogP contribution in [0.15, 0.2) is 67.1 Å². The number of nitrogens with zero attached hydrogens (tertiary/aromatic N) is 5. The van der Waals surface area contributed by atoms with Gasteiger partial charge in [-0.1, -0.05) is 12.1 Å². The van der Waals surface area contributed by atoms with Crippen molar-refractivity contribution < 1.29 is 9.66 Å². The first-order valence-corrected chi connectivity index (χ1v) is 7.67. The van der Waals surface area contributed by atoms with E-state index in [4.69, 9.17) is 4.74 Å². The largest absolute Gasteiger partial charge is 0.429 e. The van der Waals surface area contributed by atoms with Crippen molar-refractivity contribution >= 4 is 16.7 Å². The number of fused-ring (bicyclic) bond motifs is 1. The smallest absolute Gasteiger partial charge is 0.406 e. The lowest BCUT2D eigenvalue weighted by atomic mass is 10.2. The van der Waals surface area contributed by atoms with Crippen LogP contribution in [0.3, 0.4) is 0 Å². The van der Waals surface area contributed by atoms with Gasteiger partial charge in [-0.15, -0.1) is 0 Å². The van der Waals surface area contributed by atoms with Gasteiger partial charge in [0.1, 0.15) is 6.20 Å². The zero-order valence-electron chi connectivity index (χ0n) is 13.3. The first kappa shape index (κ1) is 15.6. The summed E-state index contributed by atoms with van der Waals surface area (Å²) in [6.45, 7) is 0. The van der Waals surface area contributed by atoms with Crippen molar-refractivity contribution in [2.45, 2.75) is 0 Å². The van der Waals surface area contributed by atoms with Crippen LogP contribution in [0.2, 0.25) is 0 Å². The molecule has 0 amide bonds. The van der Waals surface area contributed by atoms with Crippen molar-refractivity contribution in [1.29, 1.82) is 0 Å². The Kier molecular flexibility index (Phi) is 3.91. The number of hydrogen-bond acceptors (Lipinski definition) is 7. The molecule has 0 radical (unpaired) electrons. The van der Waals surface area contributed by atoms with Crippen LogP contribution in [-0.2, 0) is 0 Å². The highest BCUT2D eigenvalue weighted by molar-refractivity contribution is 5.85. The Morgan fingerprint density at radius 3 is 2.54 bits per heavy atom. The molecule has 0 unspecified atom stereocenters. The van der Waals surface area contributed by atoms with Crippen LogP contribution in [0.5, 0.6) is 11.6 Å². The zero-order chi connectivity index (χ0) is 17.9. The molecule has 1 aromatic carbocycles. The maximum absolute atomic E-state index is 11.2. The molecule has 8 nitrogen and oxygen atoms in total. The number of nitro groups is 1. The molecule has 0 bridgehead atoms. The Bertz CT molecular complexity index is 1100. The lowest BCUT2D eigenvalue weighted by Gasteiger charge is -2.10. The first-order chi connectivity index (χ1) is 12.7. The van der Waals surface area contributed by atoms with E-state index in [1.54, 1.807) is 36.7 Å². The predicted molar refractivity (Wildman–Crippen MR) is 93.7 cm³/mol. The van der Waals surface area contributed by atoms with E-state index in [0.29, 0.717) is 16.7 Å². The first-order valence-electron chi connectivity index (χ1n) is 7.67. The molecule has 0 aliphatic heterocycles. The SMILES string of the molecule is O=[N+]([O-])c1ncccc1Oc1nc(-c2ccncc2)nc2ccccc12. The molecule has 26 heavy (non-hydrogen) atoms. The average Bonchev–Trinajstić information content (AvgIpc) is 2.69. The fourth-order valence-electron chi connectivity index (χ4n) is 2.46. The number of rotatable bonds is 4. The van der Waals surface area contributed by atoms with Gasteiger partial charge in [-0.3, -0.25) is 4.98 Å². The minimum Gasteiger partial charge on any atom is -0.429 e. The second-order valence-electron chi connectivity index (χ2n) is 5.29. The minimum absolute atomic E-state index is 0.0158. The Balaban J connectivity index is 1.88. The van der Waals surface area contributed by atoms with Gasteiger partial charge in [0.05, 0.1) is 10.9 Å². The van der Waals surface area contributed by atoms with Gasteiger partial charge in [0.25, 0.3) is 0 Å². The van der Waals surface area contributed by atoms with Gasteiger partial charge >= 0.3 is 5.82 Å². The molecule has 3 aromatic heterocycles. The molecule has 0 aliphatic rings. The Hall–Kier alpha value is -3.94. The second-order valence-corrected chi connectivity index (χ2v) is 5.29. The molecular weight excluding hydrogens is 334 g/mol. The third-order valence-electron chi connectivity index (χ3n) is 3.64. The predicted octanol–water partition coefficient (Wildman–Crippen LogP) is 3.79. The van der Waals surface area contributed by atoms with E-state index < -0.39 is 4.92 Å². The quantitative estimate of drug-likeness (QED) is 0.409. The number of aromatic nitrogens is 4. The van der Waals surface area contributed by atoms with Crippen molar-refractivity contribution in [3.8, 4) is 23.0 Å².